The van der Waals surface area contributed by atoms with Crippen molar-refractivity contribution < 1.29 is 15.2 Å². The van der Waals surface area contributed by atoms with E-state index in [9.17, 15) is 5.11 Å². The van der Waals surface area contributed by atoms with E-state index in [4.69, 9.17) is 10.0 Å². The first-order valence-electron chi connectivity index (χ1n) is 3.89. The van der Waals surface area contributed by atoms with Gasteiger partial charge in [0.2, 0.25) is 0 Å². The Morgan fingerprint density at radius 1 is 1.29 bits per heavy atom. The summed E-state index contributed by atoms with van der Waals surface area (Å²) in [5.41, 5.74) is 0.365. The maximum Gasteiger partial charge on any atom is 0.489 e. The van der Waals surface area contributed by atoms with Crippen LogP contribution in [0.1, 0.15) is 0 Å². The molecular weight excluding hydrogens is 219 g/mol. The van der Waals surface area contributed by atoms with Gasteiger partial charge in [-0.1, -0.05) is 6.07 Å². The Kier molecular flexibility index (Phi) is 2.44. The number of hydrogen-bond donors (Lipinski definition) is 4. The fraction of sp³-hybridized carbons (Fsp3) is 0. The third-order valence-electron chi connectivity index (χ3n) is 1.99. The number of rotatable bonds is 1. The lowest BCUT2D eigenvalue weighted by atomic mass is 9.78. The Bertz CT molecular complexity index is 481. The summed E-state index contributed by atoms with van der Waals surface area (Å²) in [7, 11) is -1.54. The van der Waals surface area contributed by atoms with Crippen LogP contribution in [0.4, 0.5) is 0 Å². The standard InChI is InChI=1S/C8H7BO3S2/c10-5-2-1-4(9(11)12)7-6(13)3-14-8(5)7/h1-3,10-13H. The molecule has 2 aromatic rings. The van der Waals surface area contributed by atoms with E-state index < -0.39 is 7.12 Å². The lowest BCUT2D eigenvalue weighted by Crippen LogP contribution is -2.30. The molecule has 1 aromatic carbocycles. The lowest BCUT2D eigenvalue weighted by molar-refractivity contribution is 0.426. The largest absolute Gasteiger partial charge is 0.506 e. The molecule has 6 heteroatoms. The molecule has 2 rings (SSSR count). The Morgan fingerprint density at radius 3 is 2.64 bits per heavy atom. The Hall–Kier alpha value is -0.685. The zero-order valence-electron chi connectivity index (χ0n) is 7.01. The minimum absolute atomic E-state index is 0.134. The summed E-state index contributed by atoms with van der Waals surface area (Å²) in [4.78, 5) is 0.643. The molecule has 0 aliphatic heterocycles. The minimum Gasteiger partial charge on any atom is -0.506 e. The quantitative estimate of drug-likeness (QED) is 0.425. The van der Waals surface area contributed by atoms with Crippen LogP contribution >= 0.6 is 24.0 Å². The number of phenols is 1. The number of thiophene rings is 1. The van der Waals surface area contributed by atoms with Gasteiger partial charge in [-0.15, -0.1) is 24.0 Å². The molecule has 3 N–H and O–H groups in total. The highest BCUT2D eigenvalue weighted by Crippen LogP contribution is 2.33. The van der Waals surface area contributed by atoms with Crippen molar-refractivity contribution in [3.05, 3.63) is 17.5 Å². The van der Waals surface area contributed by atoms with Crippen LogP contribution < -0.4 is 5.46 Å². The molecule has 0 saturated heterocycles. The fourth-order valence-electron chi connectivity index (χ4n) is 1.36. The predicted octanol–water partition coefficient (Wildman–Crippen LogP) is 0.575. The van der Waals surface area contributed by atoms with Crippen LogP contribution in [0.15, 0.2) is 22.4 Å². The van der Waals surface area contributed by atoms with Gasteiger partial charge in [-0.25, -0.2) is 0 Å². The zero-order chi connectivity index (χ0) is 10.3. The zero-order valence-corrected chi connectivity index (χ0v) is 8.72. The van der Waals surface area contributed by atoms with E-state index in [-0.39, 0.29) is 5.75 Å². The molecule has 14 heavy (non-hydrogen) atoms. The maximum absolute atomic E-state index is 9.50. The smallest absolute Gasteiger partial charge is 0.489 e. The molecule has 0 unspecified atom stereocenters. The molecule has 1 heterocycles. The lowest BCUT2D eigenvalue weighted by Gasteiger charge is -2.03. The van der Waals surface area contributed by atoms with Gasteiger partial charge >= 0.3 is 7.12 Å². The van der Waals surface area contributed by atoms with Gasteiger partial charge in [-0.05, 0) is 11.5 Å². The summed E-state index contributed by atoms with van der Waals surface area (Å²) in [6.07, 6.45) is 0. The van der Waals surface area contributed by atoms with Crippen LogP contribution in [0.2, 0.25) is 0 Å². The second kappa shape index (κ2) is 3.47. The van der Waals surface area contributed by atoms with Crippen LogP contribution in [-0.2, 0) is 0 Å². The molecule has 0 atom stereocenters. The summed E-state index contributed by atoms with van der Waals surface area (Å²) < 4.78 is 0.626. The van der Waals surface area contributed by atoms with Crippen molar-refractivity contribution in [2.75, 3.05) is 0 Å². The van der Waals surface area contributed by atoms with Crippen molar-refractivity contribution in [3.63, 3.8) is 0 Å². The number of aromatic hydroxyl groups is 1. The molecule has 0 aliphatic carbocycles. The highest BCUT2D eigenvalue weighted by molar-refractivity contribution is 7.80. The van der Waals surface area contributed by atoms with E-state index >= 15 is 0 Å². The van der Waals surface area contributed by atoms with Crippen molar-refractivity contribution in [1.82, 2.24) is 0 Å². The van der Waals surface area contributed by atoms with Crippen LogP contribution in [0.3, 0.4) is 0 Å². The number of benzene rings is 1. The first-order chi connectivity index (χ1) is 6.61. The van der Waals surface area contributed by atoms with Crippen LogP contribution in [0, 0.1) is 0 Å². The van der Waals surface area contributed by atoms with Gasteiger partial charge in [0, 0.05) is 15.7 Å². The topological polar surface area (TPSA) is 60.7 Å². The van der Waals surface area contributed by atoms with Gasteiger partial charge in [-0.2, -0.15) is 0 Å². The highest BCUT2D eigenvalue weighted by Gasteiger charge is 2.18. The average Bonchev–Trinajstić information content (AvgIpc) is 2.50. The van der Waals surface area contributed by atoms with E-state index in [2.05, 4.69) is 12.6 Å². The summed E-state index contributed by atoms with van der Waals surface area (Å²) >= 11 is 5.51. The van der Waals surface area contributed by atoms with Gasteiger partial charge in [0.05, 0.1) is 4.70 Å². The second-order valence-electron chi connectivity index (χ2n) is 2.87. The first kappa shape index (κ1) is 9.85. The minimum atomic E-state index is -1.54. The van der Waals surface area contributed by atoms with E-state index in [1.54, 1.807) is 5.38 Å². The average molecular weight is 226 g/mol. The van der Waals surface area contributed by atoms with Crippen molar-refractivity contribution in [1.29, 1.82) is 0 Å². The molecule has 0 radical (unpaired) electrons. The van der Waals surface area contributed by atoms with Crippen LogP contribution in [0.25, 0.3) is 10.1 Å². The van der Waals surface area contributed by atoms with E-state index in [0.29, 0.717) is 20.4 Å². The molecule has 0 spiro atoms. The van der Waals surface area contributed by atoms with Crippen molar-refractivity contribution in [2.45, 2.75) is 4.90 Å². The summed E-state index contributed by atoms with van der Waals surface area (Å²) in [5.74, 6) is 0.134. The monoisotopic (exact) mass is 226 g/mol. The molecule has 0 fully saturated rings. The van der Waals surface area contributed by atoms with E-state index in [0.717, 1.165) is 0 Å². The third-order valence-corrected chi connectivity index (χ3v) is 3.52. The fourth-order valence-corrected chi connectivity index (χ4v) is 2.72. The van der Waals surface area contributed by atoms with Gasteiger partial charge < -0.3 is 15.2 Å². The molecule has 0 bridgehead atoms. The molecular formula is C8H7BO3S2. The Balaban J connectivity index is 2.85. The van der Waals surface area contributed by atoms with Gasteiger partial charge in [-0.3, -0.25) is 0 Å². The van der Waals surface area contributed by atoms with E-state index in [1.165, 1.54) is 23.5 Å². The molecule has 1 aromatic heterocycles. The summed E-state index contributed by atoms with van der Waals surface area (Å²) in [6, 6.07) is 2.93. The molecule has 0 amide bonds. The summed E-state index contributed by atoms with van der Waals surface area (Å²) in [5, 5.41) is 30.1. The number of thiol groups is 1. The van der Waals surface area contributed by atoms with Crippen molar-refractivity contribution >= 4 is 46.6 Å². The number of fused-ring (bicyclic) bond motifs is 1. The molecule has 0 aliphatic rings. The molecule has 3 nitrogen and oxygen atoms in total. The summed E-state index contributed by atoms with van der Waals surface area (Å²) in [6.45, 7) is 0. The predicted molar refractivity (Wildman–Crippen MR) is 60.6 cm³/mol. The van der Waals surface area contributed by atoms with Crippen molar-refractivity contribution in [3.8, 4) is 5.75 Å². The highest BCUT2D eigenvalue weighted by atomic mass is 32.1. The second-order valence-corrected chi connectivity index (χ2v) is 4.23. The number of hydrogen-bond acceptors (Lipinski definition) is 5. The van der Waals surface area contributed by atoms with Crippen LogP contribution in [0.5, 0.6) is 5.75 Å². The van der Waals surface area contributed by atoms with E-state index in [1.807, 2.05) is 0 Å². The molecule has 72 valence electrons. The maximum atomic E-state index is 9.50. The number of phenolic OH excluding ortho intramolecular Hbond substituents is 1. The first-order valence-corrected chi connectivity index (χ1v) is 5.22. The third kappa shape index (κ3) is 1.40. The van der Waals surface area contributed by atoms with Gasteiger partial charge in [0.25, 0.3) is 0 Å². The van der Waals surface area contributed by atoms with Gasteiger partial charge in [0.15, 0.2) is 0 Å². The normalized spacial score (nSPS) is 10.8. The van der Waals surface area contributed by atoms with Crippen molar-refractivity contribution in [2.24, 2.45) is 0 Å². The molecule has 0 saturated carbocycles. The SMILES string of the molecule is OB(O)c1ccc(O)c2scc(S)c12. The Labute approximate surface area is 90.2 Å². The Morgan fingerprint density at radius 2 is 2.00 bits per heavy atom. The van der Waals surface area contributed by atoms with Crippen LogP contribution in [-0.4, -0.2) is 22.3 Å². The van der Waals surface area contributed by atoms with Gasteiger partial charge in [0.1, 0.15) is 5.75 Å².